The molecule has 8 nitrogen and oxygen atoms in total. The molecule has 1 aliphatic heterocycles. The fraction of sp³-hybridized carbons (Fsp3) is 0.419. The molecule has 4 rings (SSSR count). The van der Waals surface area contributed by atoms with Crippen molar-refractivity contribution in [3.8, 4) is 0 Å². The molecule has 44 heavy (non-hydrogen) atoms. The van der Waals surface area contributed by atoms with E-state index in [2.05, 4.69) is 32.1 Å². The van der Waals surface area contributed by atoms with Gasteiger partial charge in [-0.1, -0.05) is 42.5 Å². The number of carbonyl (C=O) groups is 1. The van der Waals surface area contributed by atoms with Gasteiger partial charge in [0.2, 0.25) is 15.9 Å². The zero-order chi connectivity index (χ0) is 32.3. The summed E-state index contributed by atoms with van der Waals surface area (Å²) in [6.45, 7) is 3.20. The molecule has 0 saturated carbocycles. The van der Waals surface area contributed by atoms with Crippen LogP contribution in [0, 0.1) is 5.82 Å². The molecule has 13 heteroatoms. The minimum Gasteiger partial charge on any atom is -0.356 e. The highest BCUT2D eigenvalue weighted by Gasteiger charge is 2.39. The van der Waals surface area contributed by atoms with Gasteiger partial charge in [-0.25, -0.2) is 17.8 Å². The van der Waals surface area contributed by atoms with Crippen LogP contribution >= 0.6 is 0 Å². The average molecular weight is 636 g/mol. The van der Waals surface area contributed by atoms with Gasteiger partial charge in [-0.05, 0) is 63.2 Å². The number of amides is 1. The number of likely N-dealkylation sites (N-methyl/N-ethyl adjacent to an activating group) is 1. The highest BCUT2D eigenvalue weighted by atomic mass is 32.2. The lowest BCUT2D eigenvalue weighted by molar-refractivity contribution is -0.141. The van der Waals surface area contributed by atoms with E-state index >= 15 is 0 Å². The Bertz CT molecular complexity index is 1570. The summed E-state index contributed by atoms with van der Waals surface area (Å²) in [6.07, 6.45) is -2.34. The number of carbonyl (C=O) groups excluding carboxylic acids is 1. The van der Waals surface area contributed by atoms with Gasteiger partial charge in [0.1, 0.15) is 17.3 Å². The van der Waals surface area contributed by atoms with Crippen molar-refractivity contribution in [2.45, 2.75) is 43.8 Å². The van der Waals surface area contributed by atoms with E-state index in [1.807, 2.05) is 37.2 Å². The summed E-state index contributed by atoms with van der Waals surface area (Å²) in [7, 11) is 0.313. The van der Waals surface area contributed by atoms with E-state index < -0.39 is 39.5 Å². The topological polar surface area (TPSA) is 94.6 Å². The molecule has 0 spiro atoms. The molecular formula is C31H37F4N5O3S. The lowest BCUT2D eigenvalue weighted by atomic mass is 9.72. The number of hydrogen-bond donors (Lipinski definition) is 2. The maximum Gasteiger partial charge on any atom is 0.433 e. The normalized spacial score (nSPS) is 16.1. The summed E-state index contributed by atoms with van der Waals surface area (Å²) in [6, 6.07) is 16.1. The summed E-state index contributed by atoms with van der Waals surface area (Å²) in [5.41, 5.74) is 0.490. The van der Waals surface area contributed by atoms with Crippen LogP contribution in [-0.2, 0) is 33.0 Å². The lowest BCUT2D eigenvalue weighted by Gasteiger charge is -2.44. The number of nitrogens with zero attached hydrogens (tertiary/aromatic N) is 3. The van der Waals surface area contributed by atoms with Gasteiger partial charge in [-0.2, -0.15) is 13.2 Å². The number of nitrogens with one attached hydrogen (secondary N) is 2. The van der Waals surface area contributed by atoms with E-state index in [1.54, 1.807) is 6.92 Å². The van der Waals surface area contributed by atoms with E-state index in [4.69, 9.17) is 0 Å². The molecule has 0 bridgehead atoms. The smallest absolute Gasteiger partial charge is 0.356 e. The predicted octanol–water partition coefficient (Wildman–Crippen LogP) is 5.13. The molecule has 2 N–H and O–H groups in total. The third-order valence-corrected chi connectivity index (χ3v) is 8.50. The Morgan fingerprint density at radius 2 is 1.73 bits per heavy atom. The molecular weight excluding hydrogens is 598 g/mol. The number of alkyl halides is 3. The number of pyridine rings is 1. The molecule has 238 valence electrons. The van der Waals surface area contributed by atoms with Crippen molar-refractivity contribution in [2.75, 3.05) is 49.6 Å². The van der Waals surface area contributed by atoms with Crippen molar-refractivity contribution >= 4 is 27.4 Å². The summed E-state index contributed by atoms with van der Waals surface area (Å²) >= 11 is 0. The second kappa shape index (κ2) is 13.1. The number of rotatable bonds is 10. The maximum absolute atomic E-state index is 14.5. The number of hydrogen-bond acceptors (Lipinski definition) is 6. The van der Waals surface area contributed by atoms with Crippen LogP contribution in [0.15, 0.2) is 60.7 Å². The molecule has 3 aromatic rings. The monoisotopic (exact) mass is 635 g/mol. The first-order valence-electron chi connectivity index (χ1n) is 14.2. The van der Waals surface area contributed by atoms with Crippen LogP contribution in [0.4, 0.5) is 29.1 Å². The van der Waals surface area contributed by atoms with E-state index in [9.17, 15) is 30.8 Å². The van der Waals surface area contributed by atoms with E-state index in [-0.39, 0.29) is 23.5 Å². The number of halogens is 4. The van der Waals surface area contributed by atoms with E-state index in [1.165, 1.54) is 23.8 Å². The van der Waals surface area contributed by atoms with Gasteiger partial charge >= 0.3 is 6.18 Å². The van der Waals surface area contributed by atoms with Crippen LogP contribution in [-0.4, -0.2) is 64.2 Å². The Kier molecular flexibility index (Phi) is 9.89. The zero-order valence-electron chi connectivity index (χ0n) is 25.1. The molecule has 1 atom stereocenters. The molecule has 1 fully saturated rings. The zero-order valence-corrected chi connectivity index (χ0v) is 25.9. The molecule has 2 heterocycles. The van der Waals surface area contributed by atoms with Crippen molar-refractivity contribution in [2.24, 2.45) is 0 Å². The number of anilines is 2. The van der Waals surface area contributed by atoms with Gasteiger partial charge < -0.3 is 15.1 Å². The highest BCUT2D eigenvalue weighted by molar-refractivity contribution is 7.92. The average Bonchev–Trinajstić information content (AvgIpc) is 2.96. The largest absolute Gasteiger partial charge is 0.433 e. The van der Waals surface area contributed by atoms with E-state index in [0.29, 0.717) is 37.1 Å². The van der Waals surface area contributed by atoms with Crippen LogP contribution in [0.5, 0.6) is 0 Å². The van der Waals surface area contributed by atoms with Gasteiger partial charge in [-0.15, -0.1) is 0 Å². The van der Waals surface area contributed by atoms with Crippen LogP contribution in [0.2, 0.25) is 0 Å². The van der Waals surface area contributed by atoms with Gasteiger partial charge in [0.05, 0.1) is 17.9 Å². The SMILES string of the molecule is CC(C(=O)NCc1ccc(C(F)(F)F)nc1N1CCC(CN(C)C)(c2ccccc2)CC1)c1ccc(NS(C)(=O)=O)c(F)c1. The van der Waals surface area contributed by atoms with E-state index in [0.717, 1.165) is 24.9 Å². The fourth-order valence-corrected chi connectivity index (χ4v) is 6.26. The third-order valence-electron chi connectivity index (χ3n) is 7.91. The fourth-order valence-electron chi connectivity index (χ4n) is 5.70. The Labute approximate surface area is 255 Å². The summed E-state index contributed by atoms with van der Waals surface area (Å²) < 4.78 is 80.5. The third kappa shape index (κ3) is 8.06. The van der Waals surface area contributed by atoms with Gasteiger partial charge in [0.25, 0.3) is 0 Å². The number of benzene rings is 2. The standard InChI is InChI=1S/C31H37F4N5O3S/c1-21(22-10-12-26(25(32)18-22)38-44(4,42)43)29(41)36-19-23-11-13-27(31(33,34)35)37-28(23)40-16-14-30(15-17-40,20-39(2)3)24-8-6-5-7-9-24/h5-13,18,21,38H,14-17,19-20H2,1-4H3,(H,36,41). The van der Waals surface area contributed by atoms with Gasteiger partial charge in [0.15, 0.2) is 0 Å². The van der Waals surface area contributed by atoms with Crippen LogP contribution < -0.4 is 14.9 Å². The molecule has 0 radical (unpaired) electrons. The van der Waals surface area contributed by atoms with Gasteiger partial charge in [-0.3, -0.25) is 9.52 Å². The molecule has 1 saturated heterocycles. The molecule has 0 aliphatic carbocycles. The minimum atomic E-state index is -4.64. The molecule has 1 aromatic heterocycles. The molecule has 1 amide bonds. The Morgan fingerprint density at radius 3 is 2.30 bits per heavy atom. The lowest BCUT2D eigenvalue weighted by Crippen LogP contribution is -2.48. The van der Waals surface area contributed by atoms with Crippen molar-refractivity contribution < 1.29 is 30.8 Å². The maximum atomic E-state index is 14.5. The second-order valence-corrected chi connectivity index (χ2v) is 13.3. The Hall–Kier alpha value is -3.71. The summed E-state index contributed by atoms with van der Waals surface area (Å²) in [5.74, 6) is -1.98. The first kappa shape index (κ1) is 33.2. The number of aromatic nitrogens is 1. The van der Waals surface area contributed by atoms with Crippen LogP contribution in [0.1, 0.15) is 48.1 Å². The molecule has 1 unspecified atom stereocenters. The summed E-state index contributed by atoms with van der Waals surface area (Å²) in [4.78, 5) is 21.0. The number of sulfonamides is 1. The van der Waals surface area contributed by atoms with Crippen LogP contribution in [0.3, 0.4) is 0 Å². The quantitative estimate of drug-likeness (QED) is 0.300. The van der Waals surface area contributed by atoms with Crippen molar-refractivity contribution in [1.82, 2.24) is 15.2 Å². The first-order chi connectivity index (χ1) is 20.6. The molecule has 2 aromatic carbocycles. The van der Waals surface area contributed by atoms with Crippen molar-refractivity contribution in [3.63, 3.8) is 0 Å². The molecule has 1 aliphatic rings. The second-order valence-electron chi connectivity index (χ2n) is 11.6. The highest BCUT2D eigenvalue weighted by Crippen LogP contribution is 2.39. The first-order valence-corrected chi connectivity index (χ1v) is 16.0. The Morgan fingerprint density at radius 1 is 1.07 bits per heavy atom. The predicted molar refractivity (Wildman–Crippen MR) is 162 cm³/mol. The van der Waals surface area contributed by atoms with Gasteiger partial charge in [0, 0.05) is 37.2 Å². The van der Waals surface area contributed by atoms with Crippen LogP contribution in [0.25, 0.3) is 0 Å². The Balaban J connectivity index is 1.53. The minimum absolute atomic E-state index is 0.0854. The van der Waals surface area contributed by atoms with Crippen molar-refractivity contribution in [3.05, 3.63) is 88.9 Å². The van der Waals surface area contributed by atoms with Crippen molar-refractivity contribution in [1.29, 1.82) is 0 Å². The summed E-state index contributed by atoms with van der Waals surface area (Å²) in [5, 5.41) is 2.75. The number of piperidine rings is 1.